The second-order valence-electron chi connectivity index (χ2n) is 5.50. The number of methoxy groups -OCH3 is 1. The molecule has 0 saturated heterocycles. The van der Waals surface area contributed by atoms with E-state index in [9.17, 15) is 23.1 Å². The second-order valence-corrected chi connectivity index (χ2v) is 7.27. The Hall–Kier alpha value is -1.97. The predicted molar refractivity (Wildman–Crippen MR) is 87.4 cm³/mol. The highest BCUT2D eigenvalue weighted by molar-refractivity contribution is 7.89. The summed E-state index contributed by atoms with van der Waals surface area (Å²) in [5, 5.41) is 11.7. The molecule has 1 aromatic rings. The summed E-state index contributed by atoms with van der Waals surface area (Å²) in [6, 6.07) is 4.10. The van der Waals surface area contributed by atoms with E-state index in [1.807, 2.05) is 0 Å². The molecule has 8 nitrogen and oxygen atoms in total. The molecule has 1 amide bonds. The fourth-order valence-electron chi connectivity index (χ4n) is 2.04. The summed E-state index contributed by atoms with van der Waals surface area (Å²) in [5.41, 5.74) is -1.03. The van der Waals surface area contributed by atoms with Crippen molar-refractivity contribution in [1.29, 1.82) is 0 Å². The summed E-state index contributed by atoms with van der Waals surface area (Å²) in [6.07, 6.45) is 0. The fraction of sp³-hybridized carbons (Fsp3) is 0.467. The van der Waals surface area contributed by atoms with Gasteiger partial charge in [-0.1, -0.05) is 13.0 Å². The number of aryl methyl sites for hydroxylation is 1. The number of sulfonamides is 1. The fourth-order valence-corrected chi connectivity index (χ4v) is 3.11. The topological polar surface area (TPSA) is 122 Å². The van der Waals surface area contributed by atoms with E-state index >= 15 is 0 Å². The van der Waals surface area contributed by atoms with E-state index < -0.39 is 27.4 Å². The first-order valence-electron chi connectivity index (χ1n) is 7.22. The lowest BCUT2D eigenvalue weighted by atomic mass is 10.0. The zero-order valence-corrected chi connectivity index (χ0v) is 14.9. The summed E-state index contributed by atoms with van der Waals surface area (Å²) in [5.74, 6) is -1.95. The van der Waals surface area contributed by atoms with Gasteiger partial charge in [-0.2, -0.15) is 0 Å². The Morgan fingerprint density at radius 2 is 1.96 bits per heavy atom. The van der Waals surface area contributed by atoms with Crippen LogP contribution in [0.15, 0.2) is 23.1 Å². The van der Waals surface area contributed by atoms with Gasteiger partial charge in [-0.3, -0.25) is 4.79 Å². The molecule has 0 aliphatic heterocycles. The van der Waals surface area contributed by atoms with Gasteiger partial charge in [0.15, 0.2) is 5.54 Å². The van der Waals surface area contributed by atoms with Crippen LogP contribution in [0.25, 0.3) is 0 Å². The maximum Gasteiger partial charge on any atom is 0.331 e. The molecule has 0 radical (unpaired) electrons. The third kappa shape index (κ3) is 4.53. The molecule has 0 heterocycles. The molecule has 1 atom stereocenters. The molecule has 24 heavy (non-hydrogen) atoms. The summed E-state index contributed by atoms with van der Waals surface area (Å²) >= 11 is 0. The number of nitrogens with one attached hydrogen (secondary N) is 2. The molecule has 134 valence electrons. The van der Waals surface area contributed by atoms with Gasteiger partial charge in [-0.25, -0.2) is 17.9 Å². The standard InChI is InChI=1S/C15H22N2O6S/c1-5-16-24(21,22)11-7-6-10(2)12(8-11)13(18)17-15(3,9-23-4)14(19)20/h6-8,16H,5,9H2,1-4H3,(H,17,18)(H,19,20). The maximum atomic E-state index is 12.5. The third-order valence-corrected chi connectivity index (χ3v) is 4.94. The van der Waals surface area contributed by atoms with Crippen LogP contribution in [-0.4, -0.2) is 51.2 Å². The number of carboxylic acid groups (broad SMARTS) is 1. The van der Waals surface area contributed by atoms with Crippen molar-refractivity contribution < 1.29 is 27.9 Å². The summed E-state index contributed by atoms with van der Waals surface area (Å²) in [7, 11) is -2.40. The van der Waals surface area contributed by atoms with Crippen LogP contribution in [0.2, 0.25) is 0 Å². The van der Waals surface area contributed by atoms with E-state index in [4.69, 9.17) is 4.74 Å². The van der Waals surface area contributed by atoms with Crippen LogP contribution >= 0.6 is 0 Å². The second kappa shape index (κ2) is 7.73. The Morgan fingerprint density at radius 3 is 2.46 bits per heavy atom. The SMILES string of the molecule is CCNS(=O)(=O)c1ccc(C)c(C(=O)NC(C)(COC)C(=O)O)c1. The number of ether oxygens (including phenoxy) is 1. The number of amides is 1. The number of carboxylic acids is 1. The van der Waals surface area contributed by atoms with Gasteiger partial charge in [0.1, 0.15) is 0 Å². The molecular formula is C15H22N2O6S. The highest BCUT2D eigenvalue weighted by Gasteiger charge is 2.35. The van der Waals surface area contributed by atoms with Crippen molar-refractivity contribution in [2.75, 3.05) is 20.3 Å². The van der Waals surface area contributed by atoms with Gasteiger partial charge < -0.3 is 15.2 Å². The Kier molecular flexibility index (Phi) is 6.47. The smallest absolute Gasteiger partial charge is 0.331 e. The van der Waals surface area contributed by atoms with E-state index in [0.29, 0.717) is 5.56 Å². The lowest BCUT2D eigenvalue weighted by Crippen LogP contribution is -2.55. The van der Waals surface area contributed by atoms with Crippen LogP contribution in [0.3, 0.4) is 0 Å². The van der Waals surface area contributed by atoms with Crippen LogP contribution in [0.5, 0.6) is 0 Å². The molecule has 9 heteroatoms. The minimum atomic E-state index is -3.72. The molecule has 3 N–H and O–H groups in total. The van der Waals surface area contributed by atoms with Crippen LogP contribution in [0.4, 0.5) is 0 Å². The van der Waals surface area contributed by atoms with Crippen LogP contribution < -0.4 is 10.0 Å². The van der Waals surface area contributed by atoms with Gasteiger partial charge in [0.2, 0.25) is 10.0 Å². The van der Waals surface area contributed by atoms with Crippen LogP contribution in [-0.2, 0) is 19.6 Å². The predicted octanol–water partition coefficient (Wildman–Crippen LogP) is 0.513. The Bertz CT molecular complexity index is 731. The maximum absolute atomic E-state index is 12.5. The van der Waals surface area contributed by atoms with Gasteiger partial charge in [-0.15, -0.1) is 0 Å². The zero-order valence-electron chi connectivity index (χ0n) is 14.0. The number of carbonyl (C=O) groups is 2. The minimum absolute atomic E-state index is 0.0659. The van der Waals surface area contributed by atoms with Crippen molar-refractivity contribution in [2.24, 2.45) is 0 Å². The molecule has 0 aliphatic rings. The van der Waals surface area contributed by atoms with E-state index in [1.54, 1.807) is 13.8 Å². The molecule has 1 rings (SSSR count). The minimum Gasteiger partial charge on any atom is -0.479 e. The highest BCUT2D eigenvalue weighted by atomic mass is 32.2. The first kappa shape index (κ1) is 20.1. The molecule has 1 unspecified atom stereocenters. The van der Waals surface area contributed by atoms with Crippen LogP contribution in [0, 0.1) is 6.92 Å². The third-order valence-electron chi connectivity index (χ3n) is 3.39. The largest absolute Gasteiger partial charge is 0.479 e. The van der Waals surface area contributed by atoms with Gasteiger partial charge in [-0.05, 0) is 31.5 Å². The van der Waals surface area contributed by atoms with Crippen LogP contribution in [0.1, 0.15) is 29.8 Å². The number of rotatable bonds is 8. The molecule has 0 aliphatic carbocycles. The zero-order chi connectivity index (χ0) is 18.5. The van der Waals surface area contributed by atoms with Crippen molar-refractivity contribution in [3.05, 3.63) is 29.3 Å². The molecule has 1 aromatic carbocycles. The molecule has 0 aromatic heterocycles. The Balaban J connectivity index is 3.22. The highest BCUT2D eigenvalue weighted by Crippen LogP contribution is 2.17. The van der Waals surface area contributed by atoms with E-state index in [2.05, 4.69) is 10.0 Å². The Morgan fingerprint density at radius 1 is 1.33 bits per heavy atom. The van der Waals surface area contributed by atoms with Crippen molar-refractivity contribution in [3.8, 4) is 0 Å². The number of carbonyl (C=O) groups excluding carboxylic acids is 1. The van der Waals surface area contributed by atoms with Crippen molar-refractivity contribution >= 4 is 21.9 Å². The monoisotopic (exact) mass is 358 g/mol. The average Bonchev–Trinajstić information content (AvgIpc) is 2.47. The molecule has 0 fully saturated rings. The van der Waals surface area contributed by atoms with E-state index in [1.165, 1.54) is 32.2 Å². The first-order valence-corrected chi connectivity index (χ1v) is 8.71. The summed E-state index contributed by atoms with van der Waals surface area (Å²) < 4.78 is 31.3. The lowest BCUT2D eigenvalue weighted by Gasteiger charge is -2.25. The molecule has 0 saturated carbocycles. The molecular weight excluding hydrogens is 336 g/mol. The average molecular weight is 358 g/mol. The molecule has 0 spiro atoms. The number of benzene rings is 1. The number of hydrogen-bond donors (Lipinski definition) is 3. The van der Waals surface area contributed by atoms with Gasteiger partial charge in [0.05, 0.1) is 11.5 Å². The van der Waals surface area contributed by atoms with Crippen molar-refractivity contribution in [1.82, 2.24) is 10.0 Å². The first-order chi connectivity index (χ1) is 11.1. The Labute approximate surface area is 141 Å². The van der Waals surface area contributed by atoms with Gasteiger partial charge >= 0.3 is 5.97 Å². The summed E-state index contributed by atoms with van der Waals surface area (Å²) in [6.45, 7) is 4.56. The summed E-state index contributed by atoms with van der Waals surface area (Å²) in [4.78, 5) is 23.8. The molecule has 0 bridgehead atoms. The van der Waals surface area contributed by atoms with E-state index in [-0.39, 0.29) is 23.6 Å². The van der Waals surface area contributed by atoms with E-state index in [0.717, 1.165) is 0 Å². The normalized spacial score (nSPS) is 14.0. The number of aliphatic carboxylic acids is 1. The lowest BCUT2D eigenvalue weighted by molar-refractivity contribution is -0.145. The van der Waals surface area contributed by atoms with Crippen molar-refractivity contribution in [3.63, 3.8) is 0 Å². The quantitative estimate of drug-likeness (QED) is 0.622. The number of hydrogen-bond acceptors (Lipinski definition) is 5. The van der Waals surface area contributed by atoms with Gasteiger partial charge in [0.25, 0.3) is 5.91 Å². The van der Waals surface area contributed by atoms with Crippen molar-refractivity contribution in [2.45, 2.75) is 31.2 Å². The van der Waals surface area contributed by atoms with Gasteiger partial charge in [0, 0.05) is 19.2 Å².